The minimum atomic E-state index is -0.0812. The highest BCUT2D eigenvalue weighted by Gasteiger charge is 2.37. The molecule has 0 N–H and O–H groups in total. The van der Waals surface area contributed by atoms with Crippen LogP contribution in [0.5, 0.6) is 0 Å². The third-order valence-electron chi connectivity index (χ3n) is 10.5. The zero-order chi connectivity index (χ0) is 30.6. The summed E-state index contributed by atoms with van der Waals surface area (Å²) in [5.41, 5.74) is 11.6. The molecule has 0 saturated heterocycles. The molecule has 0 unspecified atom stereocenters. The van der Waals surface area contributed by atoms with Crippen LogP contribution in [0.15, 0.2) is 152 Å². The standard InChI is InChI=1S/C45H31N/c1-45(2)41-14-8-7-13-35(41)36-20-22-38-37(43(36)45)21-23-39-40-27-33(32-16-15-28-9-3-5-11-30(28)25-32)18-24-42(40)46(44(38)39)34-19-17-29-10-4-6-12-31(29)26-34/h3-27H,1-2H3. The molecule has 0 atom stereocenters. The van der Waals surface area contributed by atoms with E-state index in [0.717, 1.165) is 0 Å². The lowest BCUT2D eigenvalue weighted by Gasteiger charge is -2.23. The summed E-state index contributed by atoms with van der Waals surface area (Å²) in [6.45, 7) is 4.77. The van der Waals surface area contributed by atoms with E-state index >= 15 is 0 Å². The molecular formula is C45H31N. The lowest BCUT2D eigenvalue weighted by molar-refractivity contribution is 0.666. The summed E-state index contributed by atoms with van der Waals surface area (Å²) >= 11 is 0. The lowest BCUT2D eigenvalue weighted by atomic mass is 9.80. The molecule has 46 heavy (non-hydrogen) atoms. The second kappa shape index (κ2) is 9.19. The fraction of sp³-hybridized carbons (Fsp3) is 0.0667. The molecule has 0 fully saturated rings. The van der Waals surface area contributed by atoms with Crippen molar-refractivity contribution in [3.8, 4) is 27.9 Å². The van der Waals surface area contributed by atoms with E-state index < -0.39 is 0 Å². The second-order valence-corrected chi connectivity index (χ2v) is 13.4. The molecule has 0 spiro atoms. The molecule has 216 valence electrons. The van der Waals surface area contributed by atoms with Gasteiger partial charge >= 0.3 is 0 Å². The Morgan fingerprint density at radius 2 is 1.04 bits per heavy atom. The number of rotatable bonds is 2. The summed E-state index contributed by atoms with van der Waals surface area (Å²) in [6.07, 6.45) is 0. The summed E-state index contributed by atoms with van der Waals surface area (Å²) in [5, 5.41) is 10.2. The number of hydrogen-bond acceptors (Lipinski definition) is 0. The smallest absolute Gasteiger partial charge is 0.0619 e. The molecule has 0 radical (unpaired) electrons. The molecule has 1 nitrogen and oxygen atoms in total. The van der Waals surface area contributed by atoms with Gasteiger partial charge < -0.3 is 4.57 Å². The molecule has 1 aliphatic rings. The number of fused-ring (bicyclic) bond motifs is 11. The predicted molar refractivity (Wildman–Crippen MR) is 196 cm³/mol. The third-order valence-corrected chi connectivity index (χ3v) is 10.5. The van der Waals surface area contributed by atoms with Crippen LogP contribution in [0.2, 0.25) is 0 Å². The normalized spacial score (nSPS) is 13.6. The summed E-state index contributed by atoms with van der Waals surface area (Å²) < 4.78 is 2.51. The van der Waals surface area contributed by atoms with Crippen LogP contribution in [0.4, 0.5) is 0 Å². The quantitative estimate of drug-likeness (QED) is 0.190. The average molecular weight is 586 g/mol. The Bertz CT molecular complexity index is 2720. The summed E-state index contributed by atoms with van der Waals surface area (Å²) in [7, 11) is 0. The van der Waals surface area contributed by atoms with Crippen LogP contribution in [0.3, 0.4) is 0 Å². The molecule has 8 aromatic carbocycles. The van der Waals surface area contributed by atoms with Gasteiger partial charge in [-0.15, -0.1) is 0 Å². The number of nitrogens with zero attached hydrogens (tertiary/aromatic N) is 1. The number of aromatic nitrogens is 1. The van der Waals surface area contributed by atoms with E-state index in [9.17, 15) is 0 Å². The highest BCUT2D eigenvalue weighted by molar-refractivity contribution is 6.20. The van der Waals surface area contributed by atoms with Gasteiger partial charge in [-0.3, -0.25) is 0 Å². The van der Waals surface area contributed by atoms with Crippen molar-refractivity contribution in [2.24, 2.45) is 0 Å². The molecule has 10 rings (SSSR count). The lowest BCUT2D eigenvalue weighted by Crippen LogP contribution is -2.15. The van der Waals surface area contributed by atoms with Gasteiger partial charge in [0.15, 0.2) is 0 Å². The van der Waals surface area contributed by atoms with Gasteiger partial charge in [-0.2, -0.15) is 0 Å². The first-order valence-corrected chi connectivity index (χ1v) is 16.2. The highest BCUT2D eigenvalue weighted by atomic mass is 15.0. The largest absolute Gasteiger partial charge is 0.309 e. The fourth-order valence-electron chi connectivity index (χ4n) is 8.34. The summed E-state index contributed by atoms with van der Waals surface area (Å²) in [6, 6.07) is 56.4. The maximum absolute atomic E-state index is 2.51. The Balaban J connectivity index is 1.30. The zero-order valence-corrected chi connectivity index (χ0v) is 25.9. The first-order valence-electron chi connectivity index (χ1n) is 16.2. The van der Waals surface area contributed by atoms with Crippen molar-refractivity contribution in [3.63, 3.8) is 0 Å². The van der Waals surface area contributed by atoms with E-state index in [0.29, 0.717) is 0 Å². The Labute approximate surface area is 268 Å². The van der Waals surface area contributed by atoms with Gasteiger partial charge in [-0.1, -0.05) is 135 Å². The molecule has 0 amide bonds. The molecular weight excluding hydrogens is 555 g/mol. The van der Waals surface area contributed by atoms with E-state index in [1.54, 1.807) is 0 Å². The van der Waals surface area contributed by atoms with Gasteiger partial charge in [0.1, 0.15) is 0 Å². The maximum Gasteiger partial charge on any atom is 0.0619 e. The molecule has 0 saturated carbocycles. The van der Waals surface area contributed by atoms with E-state index in [2.05, 4.69) is 170 Å². The van der Waals surface area contributed by atoms with Gasteiger partial charge in [0, 0.05) is 27.3 Å². The maximum atomic E-state index is 2.51. The van der Waals surface area contributed by atoms with Crippen LogP contribution < -0.4 is 0 Å². The molecule has 1 heteroatoms. The van der Waals surface area contributed by atoms with Crippen molar-refractivity contribution in [1.29, 1.82) is 0 Å². The van der Waals surface area contributed by atoms with Crippen LogP contribution in [0, 0.1) is 0 Å². The molecule has 1 aliphatic carbocycles. The third kappa shape index (κ3) is 3.46. The topological polar surface area (TPSA) is 4.93 Å². The molecule has 9 aromatic rings. The zero-order valence-electron chi connectivity index (χ0n) is 25.9. The van der Waals surface area contributed by atoms with Crippen molar-refractivity contribution in [2.45, 2.75) is 19.3 Å². The van der Waals surface area contributed by atoms with Crippen molar-refractivity contribution in [3.05, 3.63) is 163 Å². The van der Waals surface area contributed by atoms with Crippen molar-refractivity contribution in [2.75, 3.05) is 0 Å². The molecule has 1 heterocycles. The average Bonchev–Trinajstić information content (AvgIpc) is 3.56. The molecule has 0 aliphatic heterocycles. The van der Waals surface area contributed by atoms with E-state index in [1.165, 1.54) is 93.2 Å². The van der Waals surface area contributed by atoms with Crippen molar-refractivity contribution in [1.82, 2.24) is 4.57 Å². The van der Waals surface area contributed by atoms with Gasteiger partial charge in [-0.25, -0.2) is 0 Å². The predicted octanol–water partition coefficient (Wildman–Crippen LogP) is 12.2. The monoisotopic (exact) mass is 585 g/mol. The van der Waals surface area contributed by atoms with Crippen molar-refractivity contribution < 1.29 is 0 Å². The van der Waals surface area contributed by atoms with Crippen LogP contribution in [-0.2, 0) is 5.41 Å². The molecule has 0 bridgehead atoms. The summed E-state index contributed by atoms with van der Waals surface area (Å²) in [4.78, 5) is 0. The fourth-order valence-corrected chi connectivity index (χ4v) is 8.34. The van der Waals surface area contributed by atoms with Crippen LogP contribution in [0.1, 0.15) is 25.0 Å². The first-order chi connectivity index (χ1) is 22.6. The van der Waals surface area contributed by atoms with Crippen molar-refractivity contribution >= 4 is 54.1 Å². The first kappa shape index (κ1) is 25.6. The SMILES string of the molecule is CC1(C)c2ccccc2-c2ccc3c(ccc4c5cc(-c6ccc7ccccc7c6)ccc5n(-c5ccc6ccccc6c5)c34)c21. The van der Waals surface area contributed by atoms with Crippen LogP contribution in [-0.4, -0.2) is 4.57 Å². The highest BCUT2D eigenvalue weighted by Crippen LogP contribution is 2.52. The second-order valence-electron chi connectivity index (χ2n) is 13.4. The summed E-state index contributed by atoms with van der Waals surface area (Å²) in [5.74, 6) is 0. The van der Waals surface area contributed by atoms with E-state index in [1.807, 2.05) is 0 Å². The van der Waals surface area contributed by atoms with Gasteiger partial charge in [0.2, 0.25) is 0 Å². The van der Waals surface area contributed by atoms with Gasteiger partial charge in [-0.05, 0) is 90.6 Å². The number of benzene rings is 8. The van der Waals surface area contributed by atoms with Crippen LogP contribution >= 0.6 is 0 Å². The Hall–Kier alpha value is -5.66. The van der Waals surface area contributed by atoms with Gasteiger partial charge in [0.25, 0.3) is 0 Å². The van der Waals surface area contributed by atoms with E-state index in [4.69, 9.17) is 0 Å². The minimum absolute atomic E-state index is 0.0812. The number of hydrogen-bond donors (Lipinski definition) is 0. The Morgan fingerprint density at radius 1 is 0.435 bits per heavy atom. The van der Waals surface area contributed by atoms with Gasteiger partial charge in [0.05, 0.1) is 11.0 Å². The Morgan fingerprint density at radius 3 is 1.87 bits per heavy atom. The van der Waals surface area contributed by atoms with Crippen LogP contribution in [0.25, 0.3) is 82.1 Å². The Kier molecular flexibility index (Phi) is 5.12. The van der Waals surface area contributed by atoms with E-state index in [-0.39, 0.29) is 5.41 Å². The minimum Gasteiger partial charge on any atom is -0.309 e. The molecule has 1 aromatic heterocycles.